The van der Waals surface area contributed by atoms with Gasteiger partial charge < -0.3 is 4.74 Å². The van der Waals surface area contributed by atoms with Crippen LogP contribution in [0, 0.1) is 17.4 Å². The summed E-state index contributed by atoms with van der Waals surface area (Å²) in [6, 6.07) is 0. The van der Waals surface area contributed by atoms with Crippen molar-refractivity contribution >= 4 is 28.7 Å². The topological polar surface area (TPSA) is 44.1 Å². The first kappa shape index (κ1) is 10.5. The summed E-state index contributed by atoms with van der Waals surface area (Å²) in [4.78, 5) is 11.3. The molecule has 1 heterocycles. The number of aromatic nitrogens is 2. The first-order valence-electron chi connectivity index (χ1n) is 3.96. The first-order chi connectivity index (χ1) is 6.07. The fourth-order valence-corrected chi connectivity index (χ4v) is 1.32. The van der Waals surface area contributed by atoms with Crippen molar-refractivity contribution in [2.45, 2.75) is 20.8 Å². The molecule has 13 heavy (non-hydrogen) atoms. The van der Waals surface area contributed by atoms with E-state index in [2.05, 4.69) is 27.7 Å². The summed E-state index contributed by atoms with van der Waals surface area (Å²) in [6.07, 6.45) is -0.411. The van der Waals surface area contributed by atoms with E-state index in [-0.39, 0.29) is 0 Å². The summed E-state index contributed by atoms with van der Waals surface area (Å²) in [5.41, 5.74) is 1.68. The van der Waals surface area contributed by atoms with Crippen LogP contribution >= 0.6 is 22.6 Å². The van der Waals surface area contributed by atoms with Crippen molar-refractivity contribution in [3.63, 3.8) is 0 Å². The van der Waals surface area contributed by atoms with E-state index in [1.165, 1.54) is 4.68 Å². The van der Waals surface area contributed by atoms with Crippen LogP contribution in [-0.4, -0.2) is 22.5 Å². The standard InChI is InChI=1S/C8H11IN2O2/c1-4-13-8(12)11-6(3)7(9)5(2)10-11/h4H2,1-3H3. The normalized spacial score (nSPS) is 10.2. The van der Waals surface area contributed by atoms with Gasteiger partial charge in [0.15, 0.2) is 0 Å². The van der Waals surface area contributed by atoms with Crippen molar-refractivity contribution in [1.29, 1.82) is 0 Å². The lowest BCUT2D eigenvalue weighted by Gasteiger charge is -2.01. The molecule has 0 amide bonds. The van der Waals surface area contributed by atoms with Crippen molar-refractivity contribution < 1.29 is 9.53 Å². The van der Waals surface area contributed by atoms with Crippen molar-refractivity contribution in [2.24, 2.45) is 0 Å². The molecule has 5 heteroatoms. The van der Waals surface area contributed by atoms with Gasteiger partial charge in [0.25, 0.3) is 0 Å². The van der Waals surface area contributed by atoms with E-state index in [0.29, 0.717) is 6.61 Å². The van der Waals surface area contributed by atoms with Crippen LogP contribution in [0.1, 0.15) is 18.3 Å². The van der Waals surface area contributed by atoms with Gasteiger partial charge in [0.1, 0.15) is 0 Å². The number of hydrogen-bond acceptors (Lipinski definition) is 3. The molecule has 0 N–H and O–H groups in total. The molecule has 0 aliphatic heterocycles. The van der Waals surface area contributed by atoms with E-state index in [9.17, 15) is 4.79 Å². The Morgan fingerprint density at radius 3 is 2.62 bits per heavy atom. The maximum absolute atomic E-state index is 11.3. The van der Waals surface area contributed by atoms with Crippen molar-refractivity contribution in [2.75, 3.05) is 6.61 Å². The summed E-state index contributed by atoms with van der Waals surface area (Å²) in [5.74, 6) is 0. The second-order valence-electron chi connectivity index (χ2n) is 2.60. The first-order valence-corrected chi connectivity index (χ1v) is 5.04. The number of nitrogens with zero attached hydrogens (tertiary/aromatic N) is 2. The molecule has 0 spiro atoms. The Kier molecular flexibility index (Phi) is 3.29. The van der Waals surface area contributed by atoms with Crippen LogP contribution in [0.3, 0.4) is 0 Å². The van der Waals surface area contributed by atoms with Gasteiger partial charge in [0.05, 0.1) is 21.6 Å². The molecule has 0 radical (unpaired) electrons. The highest BCUT2D eigenvalue weighted by Gasteiger charge is 2.14. The largest absolute Gasteiger partial charge is 0.448 e. The number of halogens is 1. The fourth-order valence-electron chi connectivity index (χ4n) is 0.986. The van der Waals surface area contributed by atoms with Crippen LogP contribution in [0.4, 0.5) is 4.79 Å². The summed E-state index contributed by atoms with van der Waals surface area (Å²) in [7, 11) is 0. The average molecular weight is 294 g/mol. The quantitative estimate of drug-likeness (QED) is 0.745. The van der Waals surface area contributed by atoms with Crippen LogP contribution in [-0.2, 0) is 4.74 Å². The van der Waals surface area contributed by atoms with Gasteiger partial charge in [-0.2, -0.15) is 9.78 Å². The lowest BCUT2D eigenvalue weighted by molar-refractivity contribution is 0.149. The molecule has 0 bridgehead atoms. The van der Waals surface area contributed by atoms with Crippen LogP contribution in [0.5, 0.6) is 0 Å². The minimum absolute atomic E-state index is 0.369. The van der Waals surface area contributed by atoms with Crippen molar-refractivity contribution in [3.05, 3.63) is 15.0 Å². The maximum atomic E-state index is 11.3. The molecule has 72 valence electrons. The minimum Gasteiger partial charge on any atom is -0.448 e. The fraction of sp³-hybridized carbons (Fsp3) is 0.500. The maximum Gasteiger partial charge on any atom is 0.434 e. The third-order valence-electron chi connectivity index (χ3n) is 1.64. The SMILES string of the molecule is CCOC(=O)n1nc(C)c(I)c1C. The summed E-state index contributed by atoms with van der Waals surface area (Å²) < 4.78 is 7.13. The van der Waals surface area contributed by atoms with E-state index in [1.807, 2.05) is 13.8 Å². The molecule has 1 aromatic heterocycles. The Morgan fingerprint density at radius 2 is 2.23 bits per heavy atom. The van der Waals surface area contributed by atoms with Crippen LogP contribution in [0.2, 0.25) is 0 Å². The number of hydrogen-bond donors (Lipinski definition) is 0. The van der Waals surface area contributed by atoms with Crippen molar-refractivity contribution in [3.8, 4) is 0 Å². The summed E-state index contributed by atoms with van der Waals surface area (Å²) in [5, 5.41) is 4.06. The molecule has 0 fully saturated rings. The predicted molar refractivity (Wildman–Crippen MR) is 56.8 cm³/mol. The second kappa shape index (κ2) is 4.08. The van der Waals surface area contributed by atoms with Crippen LogP contribution in [0.15, 0.2) is 0 Å². The monoisotopic (exact) mass is 294 g/mol. The van der Waals surface area contributed by atoms with Gasteiger partial charge in [-0.1, -0.05) is 0 Å². The Labute approximate surface area is 90.4 Å². The van der Waals surface area contributed by atoms with Crippen LogP contribution < -0.4 is 0 Å². The third kappa shape index (κ3) is 2.01. The molecule has 1 aromatic rings. The lowest BCUT2D eigenvalue weighted by atomic mass is 10.4. The number of carbonyl (C=O) groups is 1. The number of ether oxygens (including phenoxy) is 1. The molecule has 0 saturated carbocycles. The van der Waals surface area contributed by atoms with Gasteiger partial charge in [0.2, 0.25) is 0 Å². The number of carbonyl (C=O) groups excluding carboxylic acids is 1. The van der Waals surface area contributed by atoms with E-state index < -0.39 is 6.09 Å². The Morgan fingerprint density at radius 1 is 1.62 bits per heavy atom. The zero-order valence-corrected chi connectivity index (χ0v) is 9.95. The Balaban J connectivity index is 3.01. The van der Waals surface area contributed by atoms with Gasteiger partial charge in [-0.15, -0.1) is 0 Å². The molecule has 0 aliphatic rings. The van der Waals surface area contributed by atoms with E-state index >= 15 is 0 Å². The minimum atomic E-state index is -0.411. The highest BCUT2D eigenvalue weighted by molar-refractivity contribution is 14.1. The number of aryl methyl sites for hydroxylation is 1. The molecule has 0 aromatic carbocycles. The smallest absolute Gasteiger partial charge is 0.434 e. The van der Waals surface area contributed by atoms with E-state index in [0.717, 1.165) is 15.0 Å². The number of rotatable bonds is 1. The second-order valence-corrected chi connectivity index (χ2v) is 3.67. The summed E-state index contributed by atoms with van der Waals surface area (Å²) in [6.45, 7) is 5.85. The highest BCUT2D eigenvalue weighted by Crippen LogP contribution is 2.15. The summed E-state index contributed by atoms with van der Waals surface area (Å²) >= 11 is 2.16. The molecule has 0 aliphatic carbocycles. The zero-order valence-electron chi connectivity index (χ0n) is 7.80. The van der Waals surface area contributed by atoms with E-state index in [1.54, 1.807) is 6.92 Å². The molecular formula is C8H11IN2O2. The van der Waals surface area contributed by atoms with Gasteiger partial charge in [-0.3, -0.25) is 0 Å². The molecule has 0 atom stereocenters. The Bertz CT molecular complexity index is 333. The molecular weight excluding hydrogens is 283 g/mol. The van der Waals surface area contributed by atoms with Crippen LogP contribution in [0.25, 0.3) is 0 Å². The zero-order chi connectivity index (χ0) is 10.0. The molecule has 1 rings (SSSR count). The van der Waals surface area contributed by atoms with E-state index in [4.69, 9.17) is 4.74 Å². The van der Waals surface area contributed by atoms with Gasteiger partial charge >= 0.3 is 6.09 Å². The Hall–Kier alpha value is -0.590. The van der Waals surface area contributed by atoms with Gasteiger partial charge in [0, 0.05) is 0 Å². The van der Waals surface area contributed by atoms with Gasteiger partial charge in [-0.25, -0.2) is 4.79 Å². The average Bonchev–Trinajstić information content (AvgIpc) is 2.33. The molecule has 4 nitrogen and oxygen atoms in total. The predicted octanol–water partition coefficient (Wildman–Crippen LogP) is 2.11. The highest BCUT2D eigenvalue weighted by atomic mass is 127. The van der Waals surface area contributed by atoms with Crippen molar-refractivity contribution in [1.82, 2.24) is 9.78 Å². The lowest BCUT2D eigenvalue weighted by Crippen LogP contribution is -2.16. The van der Waals surface area contributed by atoms with Gasteiger partial charge in [-0.05, 0) is 43.4 Å². The third-order valence-corrected chi connectivity index (χ3v) is 3.20. The molecule has 0 saturated heterocycles. The molecule has 0 unspecified atom stereocenters.